The van der Waals surface area contributed by atoms with Gasteiger partial charge in [0.15, 0.2) is 62.5 Å². The largest absolute Gasteiger partial charge is 0.409 e. The van der Waals surface area contributed by atoms with Crippen LogP contribution in [0.5, 0.6) is 0 Å². The molecule has 0 amide bonds. The highest BCUT2D eigenvalue weighted by atomic mass is 28.4. The van der Waals surface area contributed by atoms with E-state index >= 15 is 0 Å². The molecule has 0 aliphatic carbocycles. The molecule has 0 radical (unpaired) electrons. The second-order valence-corrected chi connectivity index (χ2v) is 45.5. The van der Waals surface area contributed by atoms with Crippen LogP contribution in [0.4, 0.5) is 0 Å². The van der Waals surface area contributed by atoms with Crippen LogP contribution in [-0.4, -0.2) is 111 Å². The van der Waals surface area contributed by atoms with Crippen molar-refractivity contribution < 1.29 is 40.8 Å². The predicted molar refractivity (Wildman–Crippen MR) is 199 cm³/mol. The number of hydrogen-bond acceptors (Lipinski definition) is 9. The summed E-state index contributed by atoms with van der Waals surface area (Å²) < 4.78 is 61.8. The van der Waals surface area contributed by atoms with E-state index in [1.54, 1.807) is 0 Å². The Morgan fingerprint density at radius 1 is 0.311 bits per heavy atom. The molecule has 0 spiro atoms. The Morgan fingerprint density at radius 3 is 0.733 bits per heavy atom. The lowest BCUT2D eigenvalue weighted by Crippen LogP contribution is -2.68. The minimum atomic E-state index is -2.10. The molecule has 0 aromatic carbocycles. The van der Waals surface area contributed by atoms with Crippen LogP contribution in [0.15, 0.2) is 0 Å². The average Bonchev–Trinajstić information content (AvgIpc) is 2.74. The molecule has 2 saturated heterocycles. The third kappa shape index (κ3) is 14.8. The molecule has 5 unspecified atom stereocenters. The zero-order valence-electron chi connectivity index (χ0n) is 32.4. The minimum absolute atomic E-state index is 0.276. The van der Waals surface area contributed by atoms with Gasteiger partial charge >= 0.3 is 0 Å². The van der Waals surface area contributed by atoms with Gasteiger partial charge in [-0.25, -0.2) is 0 Å². The van der Waals surface area contributed by atoms with E-state index in [1.165, 1.54) is 0 Å². The van der Waals surface area contributed by atoms with Gasteiger partial charge in [-0.3, -0.25) is 0 Å². The molecule has 268 valence electrons. The second-order valence-electron chi connectivity index (χ2n) is 18.7. The Bertz CT molecular complexity index is 859. The fraction of sp³-hybridized carbons (Fsp3) is 1.00. The molecule has 2 heterocycles. The molecule has 15 heteroatoms. The van der Waals surface area contributed by atoms with Crippen LogP contribution in [0.3, 0.4) is 0 Å². The van der Waals surface area contributed by atoms with Crippen LogP contribution in [0, 0.1) is 0 Å². The first-order valence-corrected chi connectivity index (χ1v) is 37.3. The van der Waals surface area contributed by atoms with Crippen LogP contribution >= 0.6 is 0 Å². The molecule has 2 fully saturated rings. The van der Waals surface area contributed by atoms with Gasteiger partial charge in [0.25, 0.3) is 0 Å². The molecule has 0 saturated carbocycles. The third-order valence-corrected chi connectivity index (χ3v) is 12.5. The van der Waals surface area contributed by atoms with Gasteiger partial charge in [-0.05, 0) is 132 Å². The summed E-state index contributed by atoms with van der Waals surface area (Å²) in [5.74, 6) is 0. The average molecular weight is 743 g/mol. The summed E-state index contributed by atoms with van der Waals surface area (Å²) in [7, 11) is -12.2. The van der Waals surface area contributed by atoms with Crippen LogP contribution < -0.4 is 0 Å². The quantitative estimate of drug-likeness (QED) is 0.166. The molecule has 0 N–H and O–H groups in total. The molecule has 10 atom stereocenters. The van der Waals surface area contributed by atoms with E-state index in [9.17, 15) is 0 Å². The fourth-order valence-electron chi connectivity index (χ4n) is 5.59. The molecule has 0 bridgehead atoms. The van der Waals surface area contributed by atoms with Gasteiger partial charge in [0.2, 0.25) is 0 Å². The molecule has 2 aliphatic heterocycles. The monoisotopic (exact) mass is 742 g/mol. The summed E-state index contributed by atoms with van der Waals surface area (Å²) >= 11 is 0. The number of ether oxygens (including phenoxy) is 3. The van der Waals surface area contributed by atoms with Crippen molar-refractivity contribution >= 4 is 49.9 Å². The van der Waals surface area contributed by atoms with Crippen LogP contribution in [0.1, 0.15) is 13.8 Å². The molecule has 45 heavy (non-hydrogen) atoms. The van der Waals surface area contributed by atoms with E-state index in [1.807, 2.05) is 0 Å². The summed E-state index contributed by atoms with van der Waals surface area (Å²) in [5.41, 5.74) is 0. The van der Waals surface area contributed by atoms with Crippen LogP contribution in [-0.2, 0) is 40.8 Å². The molecule has 2 rings (SSSR count). The van der Waals surface area contributed by atoms with Crippen molar-refractivity contribution in [3.63, 3.8) is 0 Å². The maximum absolute atomic E-state index is 6.97. The number of rotatable bonds is 14. The third-order valence-electron chi connectivity index (χ3n) is 6.66. The maximum atomic E-state index is 6.97. The SMILES string of the molecule is CC1OC(O[C@@H]2O[C@@H](C)[C@H](O[Si](C)(C)C)[C@@H](O[Si](C)(C)C)[C@H]2O[Si](C)(C)C)C(O[Si](C)(C)C)C(O[Si](C)(C)C)C1O[Si](C)(C)C. The van der Waals surface area contributed by atoms with Crippen molar-refractivity contribution in [1.82, 2.24) is 0 Å². The lowest BCUT2D eigenvalue weighted by Gasteiger charge is -2.53. The molecule has 9 nitrogen and oxygen atoms in total. The molecule has 0 aromatic heterocycles. The van der Waals surface area contributed by atoms with Gasteiger partial charge in [0, 0.05) is 0 Å². The highest BCUT2D eigenvalue weighted by molar-refractivity contribution is 6.71. The zero-order chi connectivity index (χ0) is 35.1. The fourth-order valence-corrected chi connectivity index (χ4v) is 12.2. The van der Waals surface area contributed by atoms with E-state index in [0.29, 0.717) is 0 Å². The Kier molecular flexibility index (Phi) is 14.1. The Morgan fingerprint density at radius 2 is 0.511 bits per heavy atom. The standard InChI is InChI=1S/C30H70O9Si6/c1-21-23(34-40(3,4)5)25(36-42(9,10)11)27(38-44(15,16)17)29(31-21)33-30-28(39-45(18,19)20)26(37-43(12,13)14)24(22(2)32-30)35-41(6,7)8/h21-30H,1-20H3/t21-,22?,23-,24?,25+,26?,27+,28?,29-,30?/m0/s1. The summed E-state index contributed by atoms with van der Waals surface area (Å²) in [6, 6.07) is 0. The smallest absolute Gasteiger partial charge is 0.188 e. The van der Waals surface area contributed by atoms with E-state index in [-0.39, 0.29) is 36.6 Å². The van der Waals surface area contributed by atoms with E-state index < -0.39 is 74.7 Å². The Labute approximate surface area is 282 Å². The van der Waals surface area contributed by atoms with Gasteiger partial charge in [0.05, 0.1) is 24.4 Å². The second kappa shape index (κ2) is 15.0. The first kappa shape index (κ1) is 42.1. The van der Waals surface area contributed by atoms with Crippen LogP contribution in [0.2, 0.25) is 118 Å². The van der Waals surface area contributed by atoms with Crippen molar-refractivity contribution in [3.8, 4) is 0 Å². The normalized spacial score (nSPS) is 34.7. The van der Waals surface area contributed by atoms with Crippen molar-refractivity contribution in [2.45, 2.75) is 193 Å². The van der Waals surface area contributed by atoms with Crippen molar-refractivity contribution in [2.75, 3.05) is 0 Å². The van der Waals surface area contributed by atoms with Crippen molar-refractivity contribution in [3.05, 3.63) is 0 Å². The first-order chi connectivity index (χ1) is 19.8. The molecular weight excluding hydrogens is 673 g/mol. The van der Waals surface area contributed by atoms with Crippen LogP contribution in [0.25, 0.3) is 0 Å². The lowest BCUT2D eigenvalue weighted by atomic mass is 9.98. The summed E-state index contributed by atoms with van der Waals surface area (Å²) in [6.45, 7) is 43.7. The summed E-state index contributed by atoms with van der Waals surface area (Å²) in [4.78, 5) is 0. The topological polar surface area (TPSA) is 83.1 Å². The number of hydrogen-bond donors (Lipinski definition) is 0. The first-order valence-electron chi connectivity index (χ1n) is 16.9. The van der Waals surface area contributed by atoms with Gasteiger partial charge in [-0.1, -0.05) is 0 Å². The highest BCUT2D eigenvalue weighted by Crippen LogP contribution is 2.38. The molecular formula is C30H70O9Si6. The lowest BCUT2D eigenvalue weighted by molar-refractivity contribution is -0.362. The van der Waals surface area contributed by atoms with Gasteiger partial charge in [-0.15, -0.1) is 0 Å². The summed E-state index contributed by atoms with van der Waals surface area (Å²) in [6.07, 6.45) is -4.30. The Hall–Kier alpha value is 0.941. The predicted octanol–water partition coefficient (Wildman–Crippen LogP) is 7.81. The highest BCUT2D eigenvalue weighted by Gasteiger charge is 2.55. The van der Waals surface area contributed by atoms with Gasteiger partial charge < -0.3 is 40.8 Å². The Balaban J connectivity index is 2.64. The zero-order valence-corrected chi connectivity index (χ0v) is 38.4. The van der Waals surface area contributed by atoms with E-state index in [2.05, 4.69) is 132 Å². The minimum Gasteiger partial charge on any atom is -0.409 e. The summed E-state index contributed by atoms with van der Waals surface area (Å²) in [5, 5.41) is 0. The maximum Gasteiger partial charge on any atom is 0.188 e. The van der Waals surface area contributed by atoms with Crippen molar-refractivity contribution in [2.24, 2.45) is 0 Å². The molecule has 2 aliphatic rings. The van der Waals surface area contributed by atoms with Gasteiger partial charge in [-0.2, -0.15) is 0 Å². The van der Waals surface area contributed by atoms with Gasteiger partial charge in [0.1, 0.15) is 24.4 Å². The van der Waals surface area contributed by atoms with Crippen molar-refractivity contribution in [1.29, 1.82) is 0 Å². The molecule has 0 aromatic rings. The van der Waals surface area contributed by atoms with E-state index in [0.717, 1.165) is 0 Å². The van der Waals surface area contributed by atoms with E-state index in [4.69, 9.17) is 40.8 Å².